The van der Waals surface area contributed by atoms with Crippen LogP contribution in [0, 0.1) is 11.8 Å². The van der Waals surface area contributed by atoms with Crippen molar-refractivity contribution < 1.29 is 44.3 Å². The first-order valence-electron chi connectivity index (χ1n) is 12.3. The summed E-state index contributed by atoms with van der Waals surface area (Å²) in [6, 6.07) is 3.02. The molecular formula is C26H31N3O9S. The maximum atomic E-state index is 13.6. The second kappa shape index (κ2) is 10.3. The van der Waals surface area contributed by atoms with Gasteiger partial charge in [-0.1, -0.05) is 31.0 Å². The van der Waals surface area contributed by atoms with Gasteiger partial charge in [-0.05, 0) is 26.6 Å². The summed E-state index contributed by atoms with van der Waals surface area (Å²) in [5.41, 5.74) is 2.38. The maximum Gasteiger partial charge on any atom is 0.303 e. The van der Waals surface area contributed by atoms with E-state index < -0.39 is 70.4 Å². The lowest BCUT2D eigenvalue weighted by Crippen LogP contribution is -2.71. The van der Waals surface area contributed by atoms with E-state index in [9.17, 15) is 39.6 Å². The van der Waals surface area contributed by atoms with Crippen LogP contribution in [0.4, 0.5) is 5.69 Å². The number of rotatable bonds is 7. The fourth-order valence-electron chi connectivity index (χ4n) is 5.83. The molecule has 0 aliphatic heterocycles. The number of phenolic OH excluding ortho intramolecular Hbond substituents is 2. The Balaban J connectivity index is 2.16. The predicted octanol–water partition coefficient (Wildman–Crippen LogP) is 0.903. The van der Waals surface area contributed by atoms with E-state index in [2.05, 4.69) is 4.72 Å². The number of amides is 1. The first-order valence-corrected chi connectivity index (χ1v) is 13.3. The van der Waals surface area contributed by atoms with E-state index in [1.165, 1.54) is 43.1 Å². The van der Waals surface area contributed by atoms with E-state index in [0.29, 0.717) is 11.1 Å². The van der Waals surface area contributed by atoms with E-state index in [1.54, 1.807) is 6.07 Å². The van der Waals surface area contributed by atoms with E-state index in [0.717, 1.165) is 13.3 Å². The van der Waals surface area contributed by atoms with E-state index in [-0.39, 0.29) is 22.4 Å². The van der Waals surface area contributed by atoms with Crippen LogP contribution in [0.1, 0.15) is 43.6 Å². The average Bonchev–Trinajstić information content (AvgIpc) is 2.84. The molecule has 0 aromatic heterocycles. The van der Waals surface area contributed by atoms with Gasteiger partial charge in [0.15, 0.2) is 23.1 Å². The molecule has 210 valence electrons. The van der Waals surface area contributed by atoms with Crippen LogP contribution in [0.5, 0.6) is 11.5 Å². The van der Waals surface area contributed by atoms with Crippen LogP contribution in [0.3, 0.4) is 0 Å². The molecule has 39 heavy (non-hydrogen) atoms. The van der Waals surface area contributed by atoms with Crippen LogP contribution in [0.15, 0.2) is 18.2 Å². The second-order valence-corrected chi connectivity index (χ2v) is 10.9. The Morgan fingerprint density at radius 2 is 1.87 bits per heavy atom. The van der Waals surface area contributed by atoms with Gasteiger partial charge in [-0.3, -0.25) is 24.1 Å². The minimum absolute atomic E-state index is 0.0246. The summed E-state index contributed by atoms with van der Waals surface area (Å²) in [6.07, 6.45) is -2.97. The fraction of sp³-hybridized carbons (Fsp3) is 0.462. The highest BCUT2D eigenvalue weighted by molar-refractivity contribution is 8.00. The fourth-order valence-corrected chi connectivity index (χ4v) is 6.50. The van der Waals surface area contributed by atoms with Crippen molar-refractivity contribution in [1.82, 2.24) is 4.90 Å². The van der Waals surface area contributed by atoms with Crippen LogP contribution >= 0.6 is 11.9 Å². The highest BCUT2D eigenvalue weighted by atomic mass is 32.2. The van der Waals surface area contributed by atoms with Crippen molar-refractivity contribution in [2.24, 2.45) is 17.6 Å². The number of aliphatic hydroxyl groups is 2. The Hall–Kier alpha value is -3.39. The first-order chi connectivity index (χ1) is 18.3. The van der Waals surface area contributed by atoms with Gasteiger partial charge in [0.05, 0.1) is 23.0 Å². The van der Waals surface area contributed by atoms with Gasteiger partial charge in [0.2, 0.25) is 5.91 Å². The summed E-state index contributed by atoms with van der Waals surface area (Å²) >= 11 is 1.27. The van der Waals surface area contributed by atoms with Crippen LogP contribution in [0.25, 0.3) is 10.8 Å². The summed E-state index contributed by atoms with van der Waals surface area (Å²) in [7, 11) is 2.94. The van der Waals surface area contributed by atoms with Crippen LogP contribution in [-0.2, 0) is 23.9 Å². The minimum atomic E-state index is -2.89. The van der Waals surface area contributed by atoms with Gasteiger partial charge in [0.25, 0.3) is 0 Å². The number of Topliss-reactive ketones (excluding diaryl/α,β-unsaturated/α-hetero) is 2. The molecule has 13 heteroatoms. The zero-order chi connectivity index (χ0) is 29.0. The Morgan fingerprint density at radius 1 is 1.21 bits per heavy atom. The predicted molar refractivity (Wildman–Crippen MR) is 142 cm³/mol. The van der Waals surface area contributed by atoms with Crippen LogP contribution < -0.4 is 10.5 Å². The molecule has 12 nitrogen and oxygen atoms in total. The summed E-state index contributed by atoms with van der Waals surface area (Å²) in [5.74, 6) is -8.52. The van der Waals surface area contributed by atoms with E-state index in [4.69, 9.17) is 10.5 Å². The lowest BCUT2D eigenvalue weighted by atomic mass is 9.56. The molecule has 0 heterocycles. The number of likely N-dealkylation sites (N-methyl/N-ethyl adjacent to an activating group) is 1. The van der Waals surface area contributed by atoms with Gasteiger partial charge in [-0.15, -0.1) is 0 Å². The number of esters is 1. The number of primary amides is 1. The summed E-state index contributed by atoms with van der Waals surface area (Å²) in [5, 5.41) is 46.0. The number of carbonyl (C=O) groups is 4. The van der Waals surface area contributed by atoms with Gasteiger partial charge in [0.1, 0.15) is 23.7 Å². The lowest BCUT2D eigenvalue weighted by molar-refractivity contribution is -0.208. The van der Waals surface area contributed by atoms with Gasteiger partial charge >= 0.3 is 5.97 Å². The number of aliphatic hydroxyl groups excluding tert-OH is 1. The monoisotopic (exact) mass is 561 g/mol. The summed E-state index contributed by atoms with van der Waals surface area (Å²) in [4.78, 5) is 53.1. The standard InChI is InChI=1S/C26H31N3O9S/c1-5-9-39-28-18-11-7-6-8-12(31)13(11)20(32)15-14(18)22(38-10(2)30)17-19(29(3)4)21(33)16(25(27)36)24(35)26(17,37)23(15)34/h6-8,16-17,19,22-23,28,31-32,34,37H,5,9H2,1-4H3,(H2,27,36)/t16?,17-,19+,22+,23?,26+/m1/s1. The number of anilines is 1. The van der Waals surface area contributed by atoms with E-state index >= 15 is 0 Å². The van der Waals surface area contributed by atoms with Crippen molar-refractivity contribution in [3.05, 3.63) is 29.3 Å². The molecule has 0 spiro atoms. The zero-order valence-electron chi connectivity index (χ0n) is 21.8. The number of ketones is 2. The second-order valence-electron chi connectivity index (χ2n) is 10.00. The SMILES string of the molecule is CCCSNc1c2c(c(O)c3c(O)cccc13)C(O)[C@]1(O)C(=O)C(C(N)=O)C(=O)[C@@H](N(C)C)[C@@H]1[C@H]2OC(C)=O. The molecule has 0 saturated heterocycles. The Bertz CT molecular complexity index is 1380. The third-order valence-electron chi connectivity index (χ3n) is 7.36. The number of nitrogens with one attached hydrogen (secondary N) is 1. The molecular weight excluding hydrogens is 530 g/mol. The van der Waals surface area contributed by atoms with Gasteiger partial charge in [-0.25, -0.2) is 0 Å². The van der Waals surface area contributed by atoms with Crippen molar-refractivity contribution in [2.45, 2.75) is 44.1 Å². The number of hydrogen-bond acceptors (Lipinski definition) is 12. The van der Waals surface area contributed by atoms with Gasteiger partial charge in [0, 0.05) is 29.2 Å². The number of benzene rings is 2. The first kappa shape index (κ1) is 28.6. The highest BCUT2D eigenvalue weighted by Crippen LogP contribution is 2.60. The smallest absolute Gasteiger partial charge is 0.303 e. The Labute approximate surface area is 228 Å². The molecule has 7 N–H and O–H groups in total. The highest BCUT2D eigenvalue weighted by Gasteiger charge is 2.69. The number of phenols is 2. The largest absolute Gasteiger partial charge is 0.507 e. The average molecular weight is 562 g/mol. The molecule has 6 atom stereocenters. The van der Waals surface area contributed by atoms with Gasteiger partial charge in [-0.2, -0.15) is 0 Å². The number of nitrogens with two attached hydrogens (primary N) is 1. The summed E-state index contributed by atoms with van der Waals surface area (Å²) in [6.45, 7) is 3.05. The van der Waals surface area contributed by atoms with Gasteiger partial charge < -0.3 is 35.6 Å². The molecule has 2 aliphatic rings. The topological polar surface area (TPSA) is 200 Å². The van der Waals surface area contributed by atoms with E-state index in [1.807, 2.05) is 6.92 Å². The zero-order valence-corrected chi connectivity index (χ0v) is 22.6. The molecule has 2 aliphatic carbocycles. The number of fused-ring (bicyclic) bond motifs is 3. The molecule has 4 rings (SSSR count). The minimum Gasteiger partial charge on any atom is -0.507 e. The Kier molecular flexibility index (Phi) is 7.56. The number of carbonyl (C=O) groups excluding carboxylic acids is 4. The van der Waals surface area contributed by atoms with Crippen molar-refractivity contribution in [3.63, 3.8) is 0 Å². The number of ether oxygens (including phenoxy) is 1. The van der Waals surface area contributed by atoms with Crippen molar-refractivity contribution >= 4 is 51.9 Å². The maximum absolute atomic E-state index is 13.6. The molecule has 1 saturated carbocycles. The van der Waals surface area contributed by atoms with Crippen molar-refractivity contribution in [3.8, 4) is 11.5 Å². The molecule has 2 unspecified atom stereocenters. The third kappa shape index (κ3) is 4.20. The van der Waals surface area contributed by atoms with Crippen molar-refractivity contribution in [2.75, 3.05) is 24.6 Å². The summed E-state index contributed by atoms with van der Waals surface area (Å²) < 4.78 is 8.82. The number of hydrogen-bond donors (Lipinski definition) is 6. The lowest BCUT2D eigenvalue weighted by Gasteiger charge is -2.54. The quantitative estimate of drug-likeness (QED) is 0.0919. The molecule has 1 amide bonds. The number of aromatic hydroxyl groups is 2. The Morgan fingerprint density at radius 3 is 2.44 bits per heavy atom. The van der Waals surface area contributed by atoms with Crippen LogP contribution in [-0.4, -0.2) is 80.3 Å². The van der Waals surface area contributed by atoms with Crippen LogP contribution in [0.2, 0.25) is 0 Å². The molecule has 1 fully saturated rings. The molecule has 0 bridgehead atoms. The number of nitrogens with zero attached hydrogens (tertiary/aromatic N) is 1. The molecule has 0 radical (unpaired) electrons. The normalized spacial score (nSPS) is 28.2. The third-order valence-corrected chi connectivity index (χ3v) is 8.32. The van der Waals surface area contributed by atoms with Crippen molar-refractivity contribution in [1.29, 1.82) is 0 Å². The molecule has 2 aromatic rings. The molecule has 2 aromatic carbocycles.